The van der Waals surface area contributed by atoms with Crippen molar-refractivity contribution in [2.45, 2.75) is 33.1 Å². The summed E-state index contributed by atoms with van der Waals surface area (Å²) in [7, 11) is 0. The van der Waals surface area contributed by atoms with Gasteiger partial charge in [-0.1, -0.05) is 25.4 Å². The number of anilines is 1. The maximum Gasteiger partial charge on any atom is 0.227 e. The van der Waals surface area contributed by atoms with Crippen LogP contribution in [0.2, 0.25) is 5.02 Å². The van der Waals surface area contributed by atoms with E-state index in [2.05, 4.69) is 5.32 Å². The Morgan fingerprint density at radius 2 is 1.95 bits per heavy atom. The van der Waals surface area contributed by atoms with Gasteiger partial charge in [0.1, 0.15) is 0 Å². The lowest BCUT2D eigenvalue weighted by molar-refractivity contribution is -0.125. The second-order valence-electron chi connectivity index (χ2n) is 5.81. The van der Waals surface area contributed by atoms with Gasteiger partial charge in [0, 0.05) is 42.1 Å². The summed E-state index contributed by atoms with van der Waals surface area (Å²) in [4.78, 5) is 25.9. The van der Waals surface area contributed by atoms with E-state index >= 15 is 0 Å². The third kappa shape index (κ3) is 4.01. The lowest BCUT2D eigenvalue weighted by Crippen LogP contribution is -2.35. The topological polar surface area (TPSA) is 49.4 Å². The highest BCUT2D eigenvalue weighted by atomic mass is 35.5. The minimum absolute atomic E-state index is 0.0736. The van der Waals surface area contributed by atoms with Crippen LogP contribution in [0.3, 0.4) is 0 Å². The van der Waals surface area contributed by atoms with E-state index < -0.39 is 0 Å². The van der Waals surface area contributed by atoms with Crippen molar-refractivity contribution in [2.24, 2.45) is 11.8 Å². The molecule has 1 saturated heterocycles. The Morgan fingerprint density at radius 1 is 1.32 bits per heavy atom. The summed E-state index contributed by atoms with van der Waals surface area (Å²) in [5.41, 5.74) is 0.864. The standard InChI is InChI=1S/C17H23ClN2O2/c1-3-13(4-2)17(22)19-10-12-9-16(21)20(11-12)15-7-5-14(18)6-8-15/h5-8,12-13H,3-4,9-11H2,1-2H3,(H,19,22)/t12-/m0/s1. The Morgan fingerprint density at radius 3 is 2.55 bits per heavy atom. The zero-order chi connectivity index (χ0) is 16.1. The molecule has 0 bridgehead atoms. The van der Waals surface area contributed by atoms with E-state index in [4.69, 9.17) is 11.6 Å². The first-order valence-electron chi connectivity index (χ1n) is 7.88. The molecule has 0 unspecified atom stereocenters. The second kappa shape index (κ2) is 7.63. The molecule has 1 aliphatic rings. The quantitative estimate of drug-likeness (QED) is 0.874. The van der Waals surface area contributed by atoms with Crippen molar-refractivity contribution < 1.29 is 9.59 Å². The van der Waals surface area contributed by atoms with E-state index in [0.29, 0.717) is 24.5 Å². The third-order valence-electron chi connectivity index (χ3n) is 4.26. The average Bonchev–Trinajstić information content (AvgIpc) is 2.88. The Hall–Kier alpha value is -1.55. The monoisotopic (exact) mass is 322 g/mol. The van der Waals surface area contributed by atoms with Crippen molar-refractivity contribution in [3.8, 4) is 0 Å². The van der Waals surface area contributed by atoms with Crippen LogP contribution >= 0.6 is 11.6 Å². The Bertz CT molecular complexity index is 526. The molecule has 1 heterocycles. The van der Waals surface area contributed by atoms with Crippen LogP contribution in [0, 0.1) is 11.8 Å². The van der Waals surface area contributed by atoms with Crippen LogP contribution in [0.4, 0.5) is 5.69 Å². The fourth-order valence-electron chi connectivity index (χ4n) is 2.84. The predicted molar refractivity (Wildman–Crippen MR) is 89.0 cm³/mol. The molecule has 1 aliphatic heterocycles. The number of hydrogen-bond acceptors (Lipinski definition) is 2. The molecule has 0 radical (unpaired) electrons. The van der Waals surface area contributed by atoms with Gasteiger partial charge >= 0.3 is 0 Å². The number of carbonyl (C=O) groups is 2. The number of nitrogens with zero attached hydrogens (tertiary/aromatic N) is 1. The van der Waals surface area contributed by atoms with Crippen molar-refractivity contribution in [3.05, 3.63) is 29.3 Å². The third-order valence-corrected chi connectivity index (χ3v) is 4.52. The number of benzene rings is 1. The Labute approximate surface area is 136 Å². The van der Waals surface area contributed by atoms with Gasteiger partial charge < -0.3 is 10.2 Å². The predicted octanol–water partition coefficient (Wildman–Crippen LogP) is 3.25. The summed E-state index contributed by atoms with van der Waals surface area (Å²) in [6, 6.07) is 7.27. The number of halogens is 1. The average molecular weight is 323 g/mol. The van der Waals surface area contributed by atoms with Crippen LogP contribution in [0.5, 0.6) is 0 Å². The van der Waals surface area contributed by atoms with Gasteiger partial charge in [-0.15, -0.1) is 0 Å². The van der Waals surface area contributed by atoms with Crippen LogP contribution in [0.1, 0.15) is 33.1 Å². The van der Waals surface area contributed by atoms with Crippen LogP contribution in [0.25, 0.3) is 0 Å². The summed E-state index contributed by atoms with van der Waals surface area (Å²) >= 11 is 5.87. The summed E-state index contributed by atoms with van der Waals surface area (Å²) in [6.45, 7) is 5.25. The highest BCUT2D eigenvalue weighted by Gasteiger charge is 2.31. The SMILES string of the molecule is CCC(CC)C(=O)NC[C@@H]1CC(=O)N(c2ccc(Cl)cc2)C1. The molecular weight excluding hydrogens is 300 g/mol. The summed E-state index contributed by atoms with van der Waals surface area (Å²) in [5, 5.41) is 3.65. The molecule has 22 heavy (non-hydrogen) atoms. The molecule has 0 aromatic heterocycles. The largest absolute Gasteiger partial charge is 0.356 e. The van der Waals surface area contributed by atoms with Crippen molar-refractivity contribution in [2.75, 3.05) is 18.0 Å². The summed E-state index contributed by atoms with van der Waals surface area (Å²) in [6.07, 6.45) is 2.18. The summed E-state index contributed by atoms with van der Waals surface area (Å²) < 4.78 is 0. The van der Waals surface area contributed by atoms with Crippen LogP contribution in [-0.2, 0) is 9.59 Å². The first-order chi connectivity index (χ1) is 10.5. The normalized spacial score (nSPS) is 18.1. The minimum Gasteiger partial charge on any atom is -0.356 e. The molecule has 0 saturated carbocycles. The lowest BCUT2D eigenvalue weighted by Gasteiger charge is -2.18. The van der Waals surface area contributed by atoms with Crippen molar-refractivity contribution >= 4 is 29.1 Å². The molecule has 2 amide bonds. The van der Waals surface area contributed by atoms with Gasteiger partial charge in [-0.2, -0.15) is 0 Å². The molecule has 1 atom stereocenters. The van der Waals surface area contributed by atoms with Crippen LogP contribution in [0.15, 0.2) is 24.3 Å². The number of carbonyl (C=O) groups excluding carboxylic acids is 2. The second-order valence-corrected chi connectivity index (χ2v) is 6.25. The van der Waals surface area contributed by atoms with Crippen molar-refractivity contribution in [3.63, 3.8) is 0 Å². The van der Waals surface area contributed by atoms with E-state index in [-0.39, 0.29) is 23.7 Å². The highest BCUT2D eigenvalue weighted by Crippen LogP contribution is 2.26. The molecule has 0 aliphatic carbocycles. The molecule has 1 fully saturated rings. The summed E-state index contributed by atoms with van der Waals surface area (Å²) in [5.74, 6) is 0.442. The van der Waals surface area contributed by atoms with Gasteiger partial charge in [0.25, 0.3) is 0 Å². The van der Waals surface area contributed by atoms with Gasteiger partial charge in [-0.25, -0.2) is 0 Å². The Kier molecular flexibility index (Phi) is 5.83. The van der Waals surface area contributed by atoms with Gasteiger partial charge in [0.05, 0.1) is 0 Å². The first kappa shape index (κ1) is 16.8. The fourth-order valence-corrected chi connectivity index (χ4v) is 2.96. The highest BCUT2D eigenvalue weighted by molar-refractivity contribution is 6.30. The zero-order valence-electron chi connectivity index (χ0n) is 13.1. The van der Waals surface area contributed by atoms with Crippen molar-refractivity contribution in [1.82, 2.24) is 5.32 Å². The number of rotatable bonds is 6. The fraction of sp³-hybridized carbons (Fsp3) is 0.529. The molecule has 1 N–H and O–H groups in total. The van der Waals surface area contributed by atoms with Crippen LogP contribution in [-0.4, -0.2) is 24.9 Å². The van der Waals surface area contributed by atoms with E-state index in [1.807, 2.05) is 26.0 Å². The van der Waals surface area contributed by atoms with Gasteiger partial charge in [0.2, 0.25) is 11.8 Å². The minimum atomic E-state index is 0.0736. The van der Waals surface area contributed by atoms with Crippen molar-refractivity contribution in [1.29, 1.82) is 0 Å². The maximum atomic E-state index is 12.1. The van der Waals surface area contributed by atoms with E-state index in [1.54, 1.807) is 17.0 Å². The number of amides is 2. The maximum absolute atomic E-state index is 12.1. The smallest absolute Gasteiger partial charge is 0.227 e. The van der Waals surface area contributed by atoms with Gasteiger partial charge in [-0.3, -0.25) is 9.59 Å². The molecule has 4 nitrogen and oxygen atoms in total. The molecule has 1 aromatic rings. The first-order valence-corrected chi connectivity index (χ1v) is 8.26. The van der Waals surface area contributed by atoms with Gasteiger partial charge in [0.15, 0.2) is 0 Å². The van der Waals surface area contributed by atoms with E-state index in [9.17, 15) is 9.59 Å². The van der Waals surface area contributed by atoms with Gasteiger partial charge in [-0.05, 0) is 37.1 Å². The number of hydrogen-bond donors (Lipinski definition) is 1. The molecule has 0 spiro atoms. The molecule has 2 rings (SSSR count). The van der Waals surface area contributed by atoms with E-state index in [1.165, 1.54) is 0 Å². The van der Waals surface area contributed by atoms with Crippen LogP contribution < -0.4 is 10.2 Å². The zero-order valence-corrected chi connectivity index (χ0v) is 13.9. The molecule has 120 valence electrons. The molecule has 1 aromatic carbocycles. The molecular formula is C17H23ClN2O2. The Balaban J connectivity index is 1.90. The lowest BCUT2D eigenvalue weighted by atomic mass is 10.0. The molecule has 5 heteroatoms. The van der Waals surface area contributed by atoms with E-state index in [0.717, 1.165) is 18.5 Å². The number of nitrogens with one attached hydrogen (secondary N) is 1.